The molecule has 2 unspecified atom stereocenters. The third kappa shape index (κ3) is 3.99. The Bertz CT molecular complexity index is 255. The van der Waals surface area contributed by atoms with Gasteiger partial charge in [-0.25, -0.2) is 0 Å². The fourth-order valence-electron chi connectivity index (χ4n) is 2.75. The number of likely N-dealkylation sites (tertiary alicyclic amines) is 1. The van der Waals surface area contributed by atoms with Gasteiger partial charge in [-0.2, -0.15) is 0 Å². The maximum absolute atomic E-state index is 4.03. The van der Waals surface area contributed by atoms with Gasteiger partial charge < -0.3 is 0 Å². The molecular formula is C16H29N. The molecule has 0 amide bonds. The molecule has 0 aromatic rings. The van der Waals surface area contributed by atoms with Gasteiger partial charge in [-0.15, -0.1) is 0 Å². The van der Waals surface area contributed by atoms with Gasteiger partial charge >= 0.3 is 0 Å². The van der Waals surface area contributed by atoms with Crippen molar-refractivity contribution in [1.82, 2.24) is 4.90 Å². The Balaban J connectivity index is 2.51. The highest BCUT2D eigenvalue weighted by Gasteiger charge is 2.31. The van der Waals surface area contributed by atoms with Gasteiger partial charge in [0.25, 0.3) is 0 Å². The van der Waals surface area contributed by atoms with Gasteiger partial charge in [0.2, 0.25) is 0 Å². The summed E-state index contributed by atoms with van der Waals surface area (Å²) in [6, 6.07) is 0.559. The first-order chi connectivity index (χ1) is 8.12. The number of hydrogen-bond acceptors (Lipinski definition) is 1. The van der Waals surface area contributed by atoms with Crippen LogP contribution in [0.15, 0.2) is 24.3 Å². The number of nitrogens with zero attached hydrogens (tertiary/aromatic N) is 1. The summed E-state index contributed by atoms with van der Waals surface area (Å²) in [5.74, 6) is 1.82. The van der Waals surface area contributed by atoms with Crippen LogP contribution in [0, 0.1) is 11.8 Å². The molecule has 98 valence electrons. The summed E-state index contributed by atoms with van der Waals surface area (Å²) in [5.41, 5.74) is 1.23. The molecule has 1 heterocycles. The topological polar surface area (TPSA) is 3.24 Å². The lowest BCUT2D eigenvalue weighted by Crippen LogP contribution is -2.29. The second kappa shape index (κ2) is 7.00. The quantitative estimate of drug-likeness (QED) is 0.622. The zero-order chi connectivity index (χ0) is 12.8. The van der Waals surface area contributed by atoms with Crippen molar-refractivity contribution in [1.29, 1.82) is 0 Å². The molecule has 17 heavy (non-hydrogen) atoms. The molecule has 0 aromatic carbocycles. The second-order valence-corrected chi connectivity index (χ2v) is 5.40. The molecule has 1 saturated heterocycles. The number of rotatable bonds is 6. The average Bonchev–Trinajstić information content (AvgIpc) is 2.78. The summed E-state index contributed by atoms with van der Waals surface area (Å²) < 4.78 is 0. The van der Waals surface area contributed by atoms with E-state index in [0.717, 1.165) is 18.3 Å². The van der Waals surface area contributed by atoms with E-state index in [2.05, 4.69) is 51.3 Å². The van der Waals surface area contributed by atoms with Crippen molar-refractivity contribution in [3.8, 4) is 0 Å². The highest BCUT2D eigenvalue weighted by Crippen LogP contribution is 2.29. The van der Waals surface area contributed by atoms with Crippen molar-refractivity contribution in [3.05, 3.63) is 24.3 Å². The zero-order valence-electron chi connectivity index (χ0n) is 12.1. The third-order valence-corrected chi connectivity index (χ3v) is 4.29. The minimum absolute atomic E-state index is 0.559. The molecule has 0 radical (unpaired) electrons. The van der Waals surface area contributed by atoms with Crippen LogP contribution in [-0.2, 0) is 0 Å². The van der Waals surface area contributed by atoms with Crippen LogP contribution < -0.4 is 0 Å². The first-order valence-corrected chi connectivity index (χ1v) is 7.22. The van der Waals surface area contributed by atoms with E-state index in [1.807, 2.05) is 0 Å². The Morgan fingerprint density at radius 2 is 1.76 bits per heavy atom. The molecule has 0 N–H and O–H groups in total. The van der Waals surface area contributed by atoms with E-state index < -0.39 is 0 Å². The van der Waals surface area contributed by atoms with E-state index >= 15 is 0 Å². The van der Waals surface area contributed by atoms with Crippen molar-refractivity contribution >= 4 is 0 Å². The van der Waals surface area contributed by atoms with Gasteiger partial charge in [0.15, 0.2) is 0 Å². The van der Waals surface area contributed by atoms with Crippen LogP contribution in [-0.4, -0.2) is 24.0 Å². The summed E-state index contributed by atoms with van der Waals surface area (Å²) in [7, 11) is 0. The van der Waals surface area contributed by atoms with Crippen LogP contribution in [0.4, 0.5) is 0 Å². The lowest BCUT2D eigenvalue weighted by Gasteiger charge is -2.21. The van der Waals surface area contributed by atoms with Gasteiger partial charge in [0.05, 0.1) is 0 Å². The first-order valence-electron chi connectivity index (χ1n) is 7.22. The fourth-order valence-corrected chi connectivity index (χ4v) is 2.75. The Morgan fingerprint density at radius 1 is 1.24 bits per heavy atom. The molecule has 1 rings (SSSR count). The number of allylic oxidation sites excluding steroid dienone is 2. The van der Waals surface area contributed by atoms with Gasteiger partial charge in [-0.3, -0.25) is 4.90 Å². The van der Waals surface area contributed by atoms with Crippen molar-refractivity contribution in [3.63, 3.8) is 0 Å². The lowest BCUT2D eigenvalue weighted by molar-refractivity contribution is 0.283. The highest BCUT2D eigenvalue weighted by molar-refractivity contribution is 5.15. The predicted molar refractivity (Wildman–Crippen MR) is 77.2 cm³/mol. The van der Waals surface area contributed by atoms with Gasteiger partial charge in [-0.05, 0) is 25.2 Å². The predicted octanol–water partition coefficient (Wildman–Crippen LogP) is 4.27. The van der Waals surface area contributed by atoms with Crippen LogP contribution in [0.1, 0.15) is 47.0 Å². The number of hydrogen-bond donors (Lipinski definition) is 0. The van der Waals surface area contributed by atoms with E-state index in [4.69, 9.17) is 0 Å². The molecule has 0 aromatic heterocycles. The van der Waals surface area contributed by atoms with Crippen LogP contribution in [0.3, 0.4) is 0 Å². The Morgan fingerprint density at radius 3 is 2.18 bits per heavy atom. The van der Waals surface area contributed by atoms with Crippen molar-refractivity contribution in [2.45, 2.75) is 53.0 Å². The Hall–Kier alpha value is -0.560. The average molecular weight is 235 g/mol. The molecule has 0 aliphatic carbocycles. The highest BCUT2D eigenvalue weighted by atomic mass is 15.2. The van der Waals surface area contributed by atoms with Gasteiger partial charge in [0.1, 0.15) is 0 Å². The SMILES string of the molecule is C=C(/C=C/[C@H](C)N1CC(CC)C(CC)C1)CC. The van der Waals surface area contributed by atoms with Crippen LogP contribution in [0.25, 0.3) is 0 Å². The second-order valence-electron chi connectivity index (χ2n) is 5.40. The monoisotopic (exact) mass is 235 g/mol. The first kappa shape index (κ1) is 14.5. The Kier molecular flexibility index (Phi) is 5.97. The molecule has 0 saturated carbocycles. The van der Waals surface area contributed by atoms with E-state index in [9.17, 15) is 0 Å². The molecule has 1 fully saturated rings. The Labute approximate surface area is 108 Å². The van der Waals surface area contributed by atoms with Crippen molar-refractivity contribution in [2.24, 2.45) is 11.8 Å². The summed E-state index contributed by atoms with van der Waals surface area (Å²) in [6.07, 6.45) is 8.22. The molecule has 0 spiro atoms. The fraction of sp³-hybridized carbons (Fsp3) is 0.750. The maximum atomic E-state index is 4.03. The lowest BCUT2D eigenvalue weighted by atomic mass is 9.92. The zero-order valence-corrected chi connectivity index (χ0v) is 12.1. The molecule has 1 aliphatic rings. The largest absolute Gasteiger partial charge is 0.297 e. The minimum atomic E-state index is 0.559. The molecule has 1 aliphatic heterocycles. The van der Waals surface area contributed by atoms with Crippen LogP contribution >= 0.6 is 0 Å². The van der Waals surface area contributed by atoms with E-state index in [-0.39, 0.29) is 0 Å². The normalized spacial score (nSPS) is 27.8. The van der Waals surface area contributed by atoms with E-state index in [1.165, 1.54) is 31.5 Å². The molecule has 3 atom stereocenters. The van der Waals surface area contributed by atoms with Crippen LogP contribution in [0.5, 0.6) is 0 Å². The smallest absolute Gasteiger partial charge is 0.0253 e. The third-order valence-electron chi connectivity index (χ3n) is 4.29. The standard InChI is InChI=1S/C16H29N/c1-6-13(4)9-10-14(5)17-11-15(7-2)16(8-3)12-17/h9-10,14-16H,4,6-8,11-12H2,1-3,5H3/b10-9+/t14-,15?,16?/m0/s1. The molecule has 0 bridgehead atoms. The summed E-state index contributed by atoms with van der Waals surface area (Å²) >= 11 is 0. The van der Waals surface area contributed by atoms with Crippen molar-refractivity contribution in [2.75, 3.05) is 13.1 Å². The van der Waals surface area contributed by atoms with Gasteiger partial charge in [-0.1, -0.05) is 57.9 Å². The summed E-state index contributed by atoms with van der Waals surface area (Å²) in [5, 5.41) is 0. The van der Waals surface area contributed by atoms with E-state index in [0.29, 0.717) is 6.04 Å². The van der Waals surface area contributed by atoms with Crippen LogP contribution in [0.2, 0.25) is 0 Å². The minimum Gasteiger partial charge on any atom is -0.297 e. The summed E-state index contributed by atoms with van der Waals surface area (Å²) in [4.78, 5) is 2.63. The molecule has 1 nitrogen and oxygen atoms in total. The van der Waals surface area contributed by atoms with E-state index in [1.54, 1.807) is 0 Å². The van der Waals surface area contributed by atoms with Crippen molar-refractivity contribution < 1.29 is 0 Å². The molecular weight excluding hydrogens is 206 g/mol. The maximum Gasteiger partial charge on any atom is 0.0253 e. The van der Waals surface area contributed by atoms with Gasteiger partial charge in [0, 0.05) is 19.1 Å². The molecule has 1 heteroatoms. The summed E-state index contributed by atoms with van der Waals surface area (Å²) in [6.45, 7) is 15.7.